The van der Waals surface area contributed by atoms with Gasteiger partial charge in [0.2, 0.25) is 0 Å². The first-order valence-corrected chi connectivity index (χ1v) is 23.1. The molecule has 0 amide bonds. The molecule has 0 fully saturated rings. The number of fused-ring (bicyclic) bond motifs is 5. The molecule has 351 valence electrons. The van der Waals surface area contributed by atoms with Crippen LogP contribution in [0.15, 0.2) is 168 Å². The van der Waals surface area contributed by atoms with Gasteiger partial charge < -0.3 is 14.0 Å². The maximum atomic E-state index is 8.83. The van der Waals surface area contributed by atoms with Crippen molar-refractivity contribution in [3.63, 3.8) is 0 Å². The first-order chi connectivity index (χ1) is 37.5. The minimum atomic E-state index is -2.54. The Balaban J connectivity index is 0.000000205. The zero-order valence-electron chi connectivity index (χ0n) is 51.2. The van der Waals surface area contributed by atoms with E-state index in [-0.39, 0.29) is 47.8 Å². The van der Waals surface area contributed by atoms with Crippen molar-refractivity contribution >= 4 is 43.7 Å². The second kappa shape index (κ2) is 19.5. The monoisotopic (exact) mass is 1100 g/mol. The third-order valence-electron chi connectivity index (χ3n) is 12.8. The molecule has 0 bridgehead atoms. The van der Waals surface area contributed by atoms with Crippen LogP contribution in [-0.4, -0.2) is 14.5 Å². The van der Waals surface area contributed by atoms with E-state index in [2.05, 4.69) is 62.2 Å². The van der Waals surface area contributed by atoms with E-state index in [1.165, 1.54) is 17.8 Å². The number of hydrogen-bond acceptors (Lipinski definition) is 3. The molecule has 8 aromatic carbocycles. The van der Waals surface area contributed by atoms with E-state index in [1.807, 2.05) is 123 Å². The fourth-order valence-corrected chi connectivity index (χ4v) is 9.15. The SMILES string of the molecule is [2H]C([2H])([2H])c1c[c-]c(-c2nc3ccccc3n2-c2c(C([2H])(C)C)cccc2C([2H])(C)C)cc1.[2H]C([2H])([2H])c1cnc(-c2[c-]ccc3c2oc2ccccc23)cc1-c1cc2ccc(-c3ccc(C(C)(C)C)cc3)cc2cc1C([2H])([2H])[2H].[Ir]. The first kappa shape index (κ1) is 36.1. The van der Waals surface area contributed by atoms with Crippen molar-refractivity contribution in [2.24, 2.45) is 0 Å². The molecule has 0 saturated carbocycles. The van der Waals surface area contributed by atoms with E-state index in [4.69, 9.17) is 24.5 Å². The van der Waals surface area contributed by atoms with Gasteiger partial charge in [-0.2, -0.15) is 0 Å². The smallest absolute Gasteiger partial charge is 0.120 e. The third-order valence-corrected chi connectivity index (χ3v) is 12.8. The average Bonchev–Trinajstić information content (AvgIpc) is 4.15. The van der Waals surface area contributed by atoms with Crippen LogP contribution in [0, 0.1) is 32.7 Å². The van der Waals surface area contributed by atoms with Crippen molar-refractivity contribution < 1.29 is 39.6 Å². The normalized spacial score (nSPS) is 14.9. The van der Waals surface area contributed by atoms with E-state index in [0.717, 1.165) is 60.5 Å². The summed E-state index contributed by atoms with van der Waals surface area (Å²) in [7, 11) is 0. The molecule has 0 saturated heterocycles. The maximum absolute atomic E-state index is 8.83. The Bertz CT molecular complexity index is 4100. The summed E-state index contributed by atoms with van der Waals surface area (Å²) in [6.45, 7) is 6.59. The van der Waals surface area contributed by atoms with E-state index >= 15 is 0 Å². The van der Waals surface area contributed by atoms with Crippen molar-refractivity contribution in [3.05, 3.63) is 209 Å². The van der Waals surface area contributed by atoms with Crippen LogP contribution in [0.1, 0.15) is 109 Å². The summed E-state index contributed by atoms with van der Waals surface area (Å²) < 4.78 is 99.4. The van der Waals surface area contributed by atoms with Gasteiger partial charge in [-0.15, -0.1) is 53.6 Å². The molecule has 70 heavy (non-hydrogen) atoms. The minimum Gasteiger partial charge on any atom is -0.501 e. The van der Waals surface area contributed by atoms with Crippen molar-refractivity contribution in [2.45, 2.75) is 86.2 Å². The van der Waals surface area contributed by atoms with E-state index in [9.17, 15) is 0 Å². The van der Waals surface area contributed by atoms with Crippen LogP contribution in [-0.2, 0) is 25.5 Å². The molecule has 1 radical (unpaired) electrons. The summed E-state index contributed by atoms with van der Waals surface area (Å²) in [5.74, 6) is -1.25. The molecule has 0 unspecified atom stereocenters. The molecule has 4 nitrogen and oxygen atoms in total. The molecule has 11 rings (SSSR count). The Morgan fingerprint density at radius 2 is 1.39 bits per heavy atom. The molecule has 0 spiro atoms. The standard InChI is InChI=1S/C39H32NO.C26H27N2.Ir/c1-24-19-29-20-27(26-15-17-30(18-16-26)39(3,4)5)13-14-28(29)21-34(24)35-22-36(40-23-25(35)2)33-11-8-10-32-31-9-6-7-12-37(31)41-38(32)33;1-17(2)21-9-8-10-22(18(3)4)25(21)28-24-12-7-6-11-23(24)27-26(28)20-15-13-19(5)14-16-20;/h6-10,12-23H,1-5H3;6-15,17-18H,1-5H3;/q2*-1;/i1D3,2D3;5D3,17D,18D;. The molecule has 0 N–H and O–H groups in total. The number of para-hydroxylation sites is 4. The van der Waals surface area contributed by atoms with Crippen LogP contribution in [0.4, 0.5) is 0 Å². The summed E-state index contributed by atoms with van der Waals surface area (Å²) in [6, 6.07) is 55.5. The van der Waals surface area contributed by atoms with Crippen molar-refractivity contribution in [1.29, 1.82) is 0 Å². The third kappa shape index (κ3) is 9.17. The van der Waals surface area contributed by atoms with Crippen LogP contribution in [0.2, 0.25) is 0 Å². The van der Waals surface area contributed by atoms with Crippen LogP contribution in [0.5, 0.6) is 0 Å². The summed E-state index contributed by atoms with van der Waals surface area (Å²) in [4.78, 5) is 9.42. The number of aromatic nitrogens is 3. The van der Waals surface area contributed by atoms with Crippen LogP contribution in [0.3, 0.4) is 0 Å². The Morgan fingerprint density at radius 1 is 0.657 bits per heavy atom. The zero-order chi connectivity index (χ0) is 57.5. The molecular weight excluding hydrogens is 1030 g/mol. The number of nitrogens with zero attached hydrogens (tertiary/aromatic N) is 3. The van der Waals surface area contributed by atoms with Gasteiger partial charge in [0.15, 0.2) is 0 Å². The average molecular weight is 1100 g/mol. The number of imidazole rings is 1. The molecule has 0 aliphatic rings. The van der Waals surface area contributed by atoms with E-state index in [0.29, 0.717) is 39.4 Å². The fourth-order valence-electron chi connectivity index (χ4n) is 9.15. The fraction of sp³-hybridized carbons (Fsp3) is 0.200. The zero-order valence-corrected chi connectivity index (χ0v) is 42.6. The van der Waals surface area contributed by atoms with Crippen LogP contribution >= 0.6 is 0 Å². The number of aryl methyl sites for hydroxylation is 3. The second-order valence-corrected chi connectivity index (χ2v) is 19.0. The maximum Gasteiger partial charge on any atom is 0.120 e. The first-order valence-electron chi connectivity index (χ1n) is 28.6. The topological polar surface area (TPSA) is 43.9 Å². The molecule has 5 heteroatoms. The van der Waals surface area contributed by atoms with Gasteiger partial charge in [-0.1, -0.05) is 163 Å². The van der Waals surface area contributed by atoms with Crippen molar-refractivity contribution in [2.75, 3.05) is 0 Å². The molecular formula is C65H59IrN3O-2. The summed E-state index contributed by atoms with van der Waals surface area (Å²) in [6.07, 6.45) is 1.32. The Hall–Kier alpha value is -6.91. The van der Waals surface area contributed by atoms with Gasteiger partial charge in [-0.3, -0.25) is 4.98 Å². The Labute approximate surface area is 442 Å². The number of furan rings is 1. The largest absolute Gasteiger partial charge is 0.501 e. The Morgan fingerprint density at radius 3 is 2.10 bits per heavy atom. The van der Waals surface area contributed by atoms with Crippen molar-refractivity contribution in [3.8, 4) is 50.6 Å². The van der Waals surface area contributed by atoms with E-state index < -0.39 is 32.3 Å². The number of benzene rings is 8. The quantitative estimate of drug-likeness (QED) is 0.149. The number of hydrogen-bond donors (Lipinski definition) is 0. The molecule has 0 aliphatic carbocycles. The van der Waals surface area contributed by atoms with Gasteiger partial charge >= 0.3 is 0 Å². The molecule has 3 heterocycles. The van der Waals surface area contributed by atoms with Crippen molar-refractivity contribution in [1.82, 2.24) is 14.5 Å². The van der Waals surface area contributed by atoms with Crippen LogP contribution < -0.4 is 0 Å². The Kier molecular flexibility index (Phi) is 10.0. The second-order valence-electron chi connectivity index (χ2n) is 19.0. The van der Waals surface area contributed by atoms with E-state index in [1.54, 1.807) is 36.4 Å². The number of pyridine rings is 1. The minimum absolute atomic E-state index is 0. The van der Waals surface area contributed by atoms with Gasteiger partial charge in [0.1, 0.15) is 5.58 Å². The summed E-state index contributed by atoms with van der Waals surface area (Å²) in [5.41, 5.74) is 11.0. The summed E-state index contributed by atoms with van der Waals surface area (Å²) in [5, 5.41) is 3.38. The molecule has 11 aromatic rings. The van der Waals surface area contributed by atoms with Gasteiger partial charge in [0.05, 0.1) is 22.4 Å². The summed E-state index contributed by atoms with van der Waals surface area (Å²) >= 11 is 0. The van der Waals surface area contributed by atoms with Gasteiger partial charge in [0.25, 0.3) is 0 Å². The predicted molar refractivity (Wildman–Crippen MR) is 291 cm³/mol. The predicted octanol–water partition coefficient (Wildman–Crippen LogP) is 17.9. The van der Waals surface area contributed by atoms with Gasteiger partial charge in [0, 0.05) is 52.5 Å². The molecule has 0 aliphatic heterocycles. The van der Waals surface area contributed by atoms with Gasteiger partial charge in [-0.05, 0) is 128 Å². The van der Waals surface area contributed by atoms with Crippen LogP contribution in [0.25, 0.3) is 94.3 Å². The molecule has 0 atom stereocenters. The number of rotatable bonds is 7. The van der Waals surface area contributed by atoms with Gasteiger partial charge in [-0.25, -0.2) is 0 Å². The molecule has 3 aromatic heterocycles.